The van der Waals surface area contributed by atoms with E-state index in [-0.39, 0.29) is 5.82 Å². The molecule has 0 saturated carbocycles. The molecule has 0 radical (unpaired) electrons. The van der Waals surface area contributed by atoms with Crippen LogP contribution in [0.2, 0.25) is 0 Å². The Labute approximate surface area is 108 Å². The van der Waals surface area contributed by atoms with Gasteiger partial charge in [0.2, 0.25) is 0 Å². The number of primary amides is 1. The monoisotopic (exact) mass is 254 g/mol. The van der Waals surface area contributed by atoms with Crippen molar-refractivity contribution in [3.63, 3.8) is 0 Å². The molecule has 1 heterocycles. The number of benzene rings is 2. The van der Waals surface area contributed by atoms with Crippen LogP contribution >= 0.6 is 0 Å². The summed E-state index contributed by atoms with van der Waals surface area (Å²) in [7, 11) is 0. The number of H-pyrrole nitrogens is 1. The second-order valence-electron chi connectivity index (χ2n) is 4.33. The maximum atomic E-state index is 13.2. The van der Waals surface area contributed by atoms with Crippen molar-refractivity contribution in [2.24, 2.45) is 5.73 Å². The van der Waals surface area contributed by atoms with E-state index in [0.29, 0.717) is 11.1 Å². The van der Waals surface area contributed by atoms with E-state index in [1.54, 1.807) is 24.3 Å². The van der Waals surface area contributed by atoms with Crippen LogP contribution in [0.25, 0.3) is 22.2 Å². The van der Waals surface area contributed by atoms with Crippen LogP contribution in [0.3, 0.4) is 0 Å². The highest BCUT2D eigenvalue weighted by Crippen LogP contribution is 2.26. The lowest BCUT2D eigenvalue weighted by atomic mass is 10.1. The molecule has 4 heteroatoms. The zero-order valence-electron chi connectivity index (χ0n) is 9.98. The highest BCUT2D eigenvalue weighted by molar-refractivity contribution is 6.06. The zero-order chi connectivity index (χ0) is 13.4. The Kier molecular flexibility index (Phi) is 2.56. The number of carbonyl (C=O) groups is 1. The SMILES string of the molecule is NC(=O)c1cccc2cc(-c3cccc(F)c3)[nH]c12. The number of nitrogens with one attached hydrogen (secondary N) is 1. The van der Waals surface area contributed by atoms with Crippen molar-refractivity contribution < 1.29 is 9.18 Å². The molecule has 94 valence electrons. The molecule has 0 aliphatic heterocycles. The number of carbonyl (C=O) groups excluding carboxylic acids is 1. The van der Waals surface area contributed by atoms with Crippen LogP contribution < -0.4 is 5.73 Å². The highest BCUT2D eigenvalue weighted by Gasteiger charge is 2.10. The van der Waals surface area contributed by atoms with E-state index in [0.717, 1.165) is 16.6 Å². The summed E-state index contributed by atoms with van der Waals surface area (Å²) >= 11 is 0. The average Bonchev–Trinajstić information content (AvgIpc) is 2.82. The largest absolute Gasteiger partial charge is 0.366 e. The number of nitrogens with two attached hydrogens (primary N) is 1. The summed E-state index contributed by atoms with van der Waals surface area (Å²) in [4.78, 5) is 14.5. The van der Waals surface area contributed by atoms with Gasteiger partial charge in [-0.2, -0.15) is 0 Å². The third kappa shape index (κ3) is 1.97. The van der Waals surface area contributed by atoms with Gasteiger partial charge in [-0.15, -0.1) is 0 Å². The molecule has 0 unspecified atom stereocenters. The van der Waals surface area contributed by atoms with E-state index >= 15 is 0 Å². The van der Waals surface area contributed by atoms with Crippen molar-refractivity contribution in [2.75, 3.05) is 0 Å². The van der Waals surface area contributed by atoms with Crippen molar-refractivity contribution in [1.82, 2.24) is 4.98 Å². The molecule has 0 spiro atoms. The molecule has 19 heavy (non-hydrogen) atoms. The number of para-hydroxylation sites is 1. The molecule has 0 bridgehead atoms. The Hall–Kier alpha value is -2.62. The van der Waals surface area contributed by atoms with Gasteiger partial charge in [0, 0.05) is 16.6 Å². The van der Waals surface area contributed by atoms with Gasteiger partial charge in [-0.05, 0) is 24.3 Å². The summed E-state index contributed by atoms with van der Waals surface area (Å²) in [5.41, 5.74) is 7.92. The number of rotatable bonds is 2. The van der Waals surface area contributed by atoms with E-state index in [1.807, 2.05) is 12.1 Å². The lowest BCUT2D eigenvalue weighted by Gasteiger charge is -1.98. The minimum absolute atomic E-state index is 0.300. The number of aromatic nitrogens is 1. The zero-order valence-corrected chi connectivity index (χ0v) is 9.98. The van der Waals surface area contributed by atoms with E-state index in [1.165, 1.54) is 12.1 Å². The van der Waals surface area contributed by atoms with E-state index in [9.17, 15) is 9.18 Å². The summed E-state index contributed by atoms with van der Waals surface area (Å²) in [6.07, 6.45) is 0. The number of halogens is 1. The molecule has 0 aliphatic rings. The minimum Gasteiger partial charge on any atom is -0.366 e. The van der Waals surface area contributed by atoms with Gasteiger partial charge in [0.15, 0.2) is 0 Å². The number of hydrogen-bond acceptors (Lipinski definition) is 1. The van der Waals surface area contributed by atoms with Gasteiger partial charge in [0.1, 0.15) is 5.82 Å². The highest BCUT2D eigenvalue weighted by atomic mass is 19.1. The van der Waals surface area contributed by atoms with E-state index < -0.39 is 5.91 Å². The van der Waals surface area contributed by atoms with Crippen LogP contribution in [-0.4, -0.2) is 10.9 Å². The molecule has 0 saturated heterocycles. The number of amides is 1. The maximum absolute atomic E-state index is 13.2. The molecule has 3 aromatic rings. The van der Waals surface area contributed by atoms with Crippen molar-refractivity contribution in [1.29, 1.82) is 0 Å². The van der Waals surface area contributed by atoms with Gasteiger partial charge in [0.05, 0.1) is 11.1 Å². The van der Waals surface area contributed by atoms with Gasteiger partial charge >= 0.3 is 0 Å². The standard InChI is InChI=1S/C15H11FN2O/c16-11-5-1-3-9(7-11)13-8-10-4-2-6-12(15(17)19)14(10)18-13/h1-8,18H,(H2,17,19). The van der Waals surface area contributed by atoms with Crippen LogP contribution in [0, 0.1) is 5.82 Å². The number of aromatic amines is 1. The Balaban J connectivity index is 2.22. The average molecular weight is 254 g/mol. The summed E-state index contributed by atoms with van der Waals surface area (Å²) in [6, 6.07) is 13.5. The minimum atomic E-state index is -0.488. The summed E-state index contributed by atoms with van der Waals surface area (Å²) < 4.78 is 13.2. The van der Waals surface area contributed by atoms with Crippen LogP contribution in [0.4, 0.5) is 4.39 Å². The molecule has 2 aromatic carbocycles. The van der Waals surface area contributed by atoms with E-state index in [4.69, 9.17) is 5.73 Å². The second-order valence-corrected chi connectivity index (χ2v) is 4.33. The van der Waals surface area contributed by atoms with Crippen molar-refractivity contribution in [3.8, 4) is 11.3 Å². The molecule has 3 rings (SSSR count). The third-order valence-corrected chi connectivity index (χ3v) is 3.06. The quantitative estimate of drug-likeness (QED) is 0.725. The van der Waals surface area contributed by atoms with E-state index in [2.05, 4.69) is 4.98 Å². The summed E-state index contributed by atoms with van der Waals surface area (Å²) in [5, 5.41) is 0.871. The predicted molar refractivity (Wildman–Crippen MR) is 72.2 cm³/mol. The summed E-state index contributed by atoms with van der Waals surface area (Å²) in [6.45, 7) is 0. The van der Waals surface area contributed by atoms with Crippen molar-refractivity contribution in [3.05, 3.63) is 59.9 Å². The predicted octanol–water partition coefficient (Wildman–Crippen LogP) is 3.07. The van der Waals surface area contributed by atoms with Gasteiger partial charge in [0.25, 0.3) is 5.91 Å². The summed E-state index contributed by atoms with van der Waals surface area (Å²) in [5.74, 6) is -0.787. The first kappa shape index (κ1) is 11.5. The van der Waals surface area contributed by atoms with Crippen LogP contribution in [0.1, 0.15) is 10.4 Å². The fraction of sp³-hybridized carbons (Fsp3) is 0. The normalized spacial score (nSPS) is 10.8. The molecular formula is C15H11FN2O. The molecule has 1 aromatic heterocycles. The molecule has 1 amide bonds. The van der Waals surface area contributed by atoms with Gasteiger partial charge in [-0.3, -0.25) is 4.79 Å². The van der Waals surface area contributed by atoms with Crippen LogP contribution in [0.5, 0.6) is 0 Å². The Morgan fingerprint density at radius 1 is 1.11 bits per heavy atom. The molecular weight excluding hydrogens is 243 g/mol. The fourth-order valence-electron chi connectivity index (χ4n) is 2.17. The first-order valence-electron chi connectivity index (χ1n) is 5.82. The first-order chi connectivity index (χ1) is 9.15. The fourth-order valence-corrected chi connectivity index (χ4v) is 2.17. The lowest BCUT2D eigenvalue weighted by molar-refractivity contribution is 0.100. The van der Waals surface area contributed by atoms with Gasteiger partial charge in [-0.1, -0.05) is 24.3 Å². The molecule has 0 aliphatic carbocycles. The smallest absolute Gasteiger partial charge is 0.250 e. The third-order valence-electron chi connectivity index (χ3n) is 3.06. The van der Waals surface area contributed by atoms with Gasteiger partial charge < -0.3 is 10.7 Å². The number of fused-ring (bicyclic) bond motifs is 1. The van der Waals surface area contributed by atoms with Crippen molar-refractivity contribution >= 4 is 16.8 Å². The lowest BCUT2D eigenvalue weighted by Crippen LogP contribution is -2.11. The van der Waals surface area contributed by atoms with Crippen LogP contribution in [0.15, 0.2) is 48.5 Å². The first-order valence-corrected chi connectivity index (χ1v) is 5.82. The maximum Gasteiger partial charge on any atom is 0.250 e. The molecule has 3 nitrogen and oxygen atoms in total. The molecule has 0 atom stereocenters. The Bertz CT molecular complexity index is 777. The molecule has 3 N–H and O–H groups in total. The Morgan fingerprint density at radius 2 is 1.89 bits per heavy atom. The van der Waals surface area contributed by atoms with Gasteiger partial charge in [-0.25, -0.2) is 4.39 Å². The molecule has 0 fully saturated rings. The van der Waals surface area contributed by atoms with Crippen molar-refractivity contribution in [2.45, 2.75) is 0 Å². The second kappa shape index (κ2) is 4.24. The Morgan fingerprint density at radius 3 is 2.63 bits per heavy atom. The van der Waals surface area contributed by atoms with Crippen LogP contribution in [-0.2, 0) is 0 Å². The number of hydrogen-bond donors (Lipinski definition) is 2. The topological polar surface area (TPSA) is 58.9 Å².